The SMILES string of the molecule is Cc1ccc2oc(C(=O)N(C)C3CCCCC3S(C)(=O)=O)cc2n1. The Hall–Kier alpha value is -1.89. The summed E-state index contributed by atoms with van der Waals surface area (Å²) in [5.74, 6) is -0.102. The van der Waals surface area contributed by atoms with Crippen LogP contribution in [0.15, 0.2) is 22.6 Å². The van der Waals surface area contributed by atoms with E-state index >= 15 is 0 Å². The number of fused-ring (bicyclic) bond motifs is 1. The van der Waals surface area contributed by atoms with Crippen molar-refractivity contribution in [2.45, 2.75) is 43.9 Å². The number of nitrogens with zero attached hydrogens (tertiary/aromatic N) is 2. The van der Waals surface area contributed by atoms with Crippen LogP contribution < -0.4 is 0 Å². The Morgan fingerprint density at radius 3 is 2.71 bits per heavy atom. The summed E-state index contributed by atoms with van der Waals surface area (Å²) in [5, 5.41) is -0.509. The fourth-order valence-corrected chi connectivity index (χ4v) is 4.96. The highest BCUT2D eigenvalue weighted by Crippen LogP contribution is 2.29. The maximum absolute atomic E-state index is 12.8. The minimum absolute atomic E-state index is 0.198. The van der Waals surface area contributed by atoms with Crippen LogP contribution in [0, 0.1) is 6.92 Å². The number of amides is 1. The lowest BCUT2D eigenvalue weighted by atomic mass is 9.93. The summed E-state index contributed by atoms with van der Waals surface area (Å²) in [6.07, 6.45) is 4.35. The van der Waals surface area contributed by atoms with Gasteiger partial charge in [0, 0.05) is 31.1 Å². The van der Waals surface area contributed by atoms with Crippen LogP contribution in [-0.2, 0) is 9.84 Å². The van der Waals surface area contributed by atoms with Gasteiger partial charge in [0.25, 0.3) is 5.91 Å². The third-order valence-electron chi connectivity index (χ3n) is 4.76. The molecule has 24 heavy (non-hydrogen) atoms. The van der Waals surface area contributed by atoms with Gasteiger partial charge in [-0.15, -0.1) is 0 Å². The first-order valence-corrected chi connectivity index (χ1v) is 10.1. The molecule has 7 heteroatoms. The molecule has 2 aromatic rings. The van der Waals surface area contributed by atoms with E-state index in [2.05, 4.69) is 4.98 Å². The average Bonchev–Trinajstić information content (AvgIpc) is 2.95. The average molecular weight is 350 g/mol. The molecule has 0 radical (unpaired) electrons. The molecular weight excluding hydrogens is 328 g/mol. The summed E-state index contributed by atoms with van der Waals surface area (Å²) in [6.45, 7) is 1.87. The van der Waals surface area contributed by atoms with Gasteiger partial charge in [-0.2, -0.15) is 0 Å². The summed E-state index contributed by atoms with van der Waals surface area (Å²) >= 11 is 0. The van der Waals surface area contributed by atoms with Crippen molar-refractivity contribution in [3.05, 3.63) is 29.7 Å². The molecule has 6 nitrogen and oxygen atoms in total. The van der Waals surface area contributed by atoms with E-state index in [4.69, 9.17) is 4.42 Å². The fraction of sp³-hybridized carbons (Fsp3) is 0.529. The molecule has 0 N–H and O–H groups in total. The van der Waals surface area contributed by atoms with Gasteiger partial charge in [-0.05, 0) is 31.9 Å². The topological polar surface area (TPSA) is 80.5 Å². The number of aromatic nitrogens is 1. The Kier molecular flexibility index (Phi) is 4.38. The van der Waals surface area contributed by atoms with E-state index in [1.54, 1.807) is 19.2 Å². The summed E-state index contributed by atoms with van der Waals surface area (Å²) < 4.78 is 29.7. The zero-order chi connectivity index (χ0) is 17.5. The molecule has 1 saturated carbocycles. The zero-order valence-corrected chi connectivity index (χ0v) is 15.0. The predicted molar refractivity (Wildman–Crippen MR) is 91.7 cm³/mol. The Morgan fingerprint density at radius 1 is 1.29 bits per heavy atom. The Morgan fingerprint density at radius 2 is 2.00 bits per heavy atom. The highest BCUT2D eigenvalue weighted by atomic mass is 32.2. The molecule has 1 amide bonds. The van der Waals surface area contributed by atoms with Gasteiger partial charge in [0.05, 0.1) is 5.25 Å². The second-order valence-corrected chi connectivity index (χ2v) is 8.85. The van der Waals surface area contributed by atoms with Crippen LogP contribution in [0.4, 0.5) is 0 Å². The van der Waals surface area contributed by atoms with Crippen molar-refractivity contribution in [1.82, 2.24) is 9.88 Å². The van der Waals surface area contributed by atoms with Crippen LogP contribution in [0.25, 0.3) is 11.1 Å². The molecule has 130 valence electrons. The molecule has 0 aliphatic heterocycles. The summed E-state index contributed by atoms with van der Waals surface area (Å²) in [4.78, 5) is 18.6. The summed E-state index contributed by atoms with van der Waals surface area (Å²) in [5.41, 5.74) is 2.04. The molecule has 1 aliphatic rings. The van der Waals surface area contributed by atoms with Gasteiger partial charge in [-0.25, -0.2) is 13.4 Å². The largest absolute Gasteiger partial charge is 0.449 e. The predicted octanol–water partition coefficient (Wildman–Crippen LogP) is 2.56. The first-order valence-electron chi connectivity index (χ1n) is 8.10. The number of pyridine rings is 1. The standard InChI is InChI=1S/C17H22N2O4S/c1-11-8-9-14-12(18-11)10-15(23-14)17(20)19(2)13-6-4-5-7-16(13)24(3,21)22/h8-10,13,16H,4-7H2,1-3H3. The summed E-state index contributed by atoms with van der Waals surface area (Å²) in [7, 11) is -1.55. The van der Waals surface area contributed by atoms with Gasteiger partial charge < -0.3 is 9.32 Å². The van der Waals surface area contributed by atoms with Crippen LogP contribution in [0.1, 0.15) is 41.9 Å². The van der Waals surface area contributed by atoms with E-state index in [-0.39, 0.29) is 17.7 Å². The van der Waals surface area contributed by atoms with E-state index in [1.807, 2.05) is 13.0 Å². The van der Waals surface area contributed by atoms with Crippen molar-refractivity contribution in [2.75, 3.05) is 13.3 Å². The molecule has 1 fully saturated rings. The zero-order valence-electron chi connectivity index (χ0n) is 14.2. The molecular formula is C17H22N2O4S. The highest BCUT2D eigenvalue weighted by molar-refractivity contribution is 7.91. The van der Waals surface area contributed by atoms with Crippen molar-refractivity contribution in [3.8, 4) is 0 Å². The lowest BCUT2D eigenvalue weighted by molar-refractivity contribution is 0.0670. The Bertz CT molecular complexity index is 872. The van der Waals surface area contributed by atoms with E-state index in [9.17, 15) is 13.2 Å². The number of sulfone groups is 1. The normalized spacial score (nSPS) is 21.8. The fourth-order valence-electron chi connectivity index (χ4n) is 3.48. The van der Waals surface area contributed by atoms with Crippen LogP contribution in [0.3, 0.4) is 0 Å². The highest BCUT2D eigenvalue weighted by Gasteiger charge is 2.37. The van der Waals surface area contributed by atoms with Gasteiger partial charge in [0.1, 0.15) is 5.52 Å². The molecule has 1 aliphatic carbocycles. The maximum Gasteiger partial charge on any atom is 0.289 e. The van der Waals surface area contributed by atoms with E-state index in [1.165, 1.54) is 11.2 Å². The van der Waals surface area contributed by atoms with Gasteiger partial charge >= 0.3 is 0 Å². The van der Waals surface area contributed by atoms with Gasteiger partial charge in [-0.3, -0.25) is 4.79 Å². The molecule has 0 aromatic carbocycles. The molecule has 2 aromatic heterocycles. The molecule has 3 rings (SSSR count). The lowest BCUT2D eigenvalue weighted by Gasteiger charge is -2.36. The van der Waals surface area contributed by atoms with E-state index in [0.29, 0.717) is 23.9 Å². The maximum atomic E-state index is 12.8. The number of carbonyl (C=O) groups excluding carboxylic acids is 1. The number of carbonyl (C=O) groups is 1. The Balaban J connectivity index is 1.89. The molecule has 2 heterocycles. The first kappa shape index (κ1) is 17.0. The molecule has 0 bridgehead atoms. The quantitative estimate of drug-likeness (QED) is 0.850. The van der Waals surface area contributed by atoms with Gasteiger partial charge in [0.15, 0.2) is 21.2 Å². The van der Waals surface area contributed by atoms with Crippen LogP contribution >= 0.6 is 0 Å². The third-order valence-corrected chi connectivity index (χ3v) is 6.41. The number of hydrogen-bond donors (Lipinski definition) is 0. The number of rotatable bonds is 3. The van der Waals surface area contributed by atoms with Gasteiger partial charge in [-0.1, -0.05) is 12.8 Å². The van der Waals surface area contributed by atoms with Crippen molar-refractivity contribution in [1.29, 1.82) is 0 Å². The smallest absolute Gasteiger partial charge is 0.289 e. The number of aryl methyl sites for hydroxylation is 1. The van der Waals surface area contributed by atoms with Crippen LogP contribution in [0.5, 0.6) is 0 Å². The third kappa shape index (κ3) is 3.17. The molecule has 0 spiro atoms. The van der Waals surface area contributed by atoms with Crippen LogP contribution in [-0.4, -0.2) is 48.8 Å². The second-order valence-electron chi connectivity index (χ2n) is 6.58. The second kappa shape index (κ2) is 6.20. The molecule has 2 atom stereocenters. The van der Waals surface area contributed by atoms with Crippen molar-refractivity contribution in [2.24, 2.45) is 0 Å². The Labute approximate surface area is 141 Å². The van der Waals surface area contributed by atoms with E-state index < -0.39 is 15.1 Å². The van der Waals surface area contributed by atoms with E-state index in [0.717, 1.165) is 18.5 Å². The monoisotopic (exact) mass is 350 g/mol. The van der Waals surface area contributed by atoms with Crippen molar-refractivity contribution in [3.63, 3.8) is 0 Å². The number of furan rings is 1. The minimum atomic E-state index is -3.20. The van der Waals surface area contributed by atoms with Crippen molar-refractivity contribution < 1.29 is 17.6 Å². The van der Waals surface area contributed by atoms with Crippen molar-refractivity contribution >= 4 is 26.8 Å². The summed E-state index contributed by atoms with van der Waals surface area (Å²) in [6, 6.07) is 4.92. The molecule has 2 unspecified atom stereocenters. The lowest BCUT2D eigenvalue weighted by Crippen LogP contribution is -2.49. The first-order chi connectivity index (χ1) is 11.3. The van der Waals surface area contributed by atoms with Gasteiger partial charge in [0.2, 0.25) is 0 Å². The molecule has 0 saturated heterocycles. The minimum Gasteiger partial charge on any atom is -0.449 e. The van der Waals surface area contributed by atoms with Crippen LogP contribution in [0.2, 0.25) is 0 Å². The number of hydrogen-bond acceptors (Lipinski definition) is 5.